The van der Waals surface area contributed by atoms with Crippen LogP contribution < -0.4 is 5.73 Å². The molecule has 2 rings (SSSR count). The second kappa shape index (κ2) is 6.23. The molecule has 0 bridgehead atoms. The van der Waals surface area contributed by atoms with Crippen LogP contribution in [0, 0.1) is 0 Å². The molecule has 0 saturated heterocycles. The van der Waals surface area contributed by atoms with Gasteiger partial charge in [0.25, 0.3) is 0 Å². The van der Waals surface area contributed by atoms with E-state index < -0.39 is 12.8 Å². The normalized spacial score (nSPS) is 12.2. The Labute approximate surface area is 114 Å². The lowest BCUT2D eigenvalue weighted by Crippen LogP contribution is -2.18. The average molecular weight is 287 g/mol. The summed E-state index contributed by atoms with van der Waals surface area (Å²) in [6.07, 6.45) is -3.81. The number of nitrogens with zero attached hydrogens (tertiary/aromatic N) is 2. The summed E-state index contributed by atoms with van der Waals surface area (Å²) in [5.41, 5.74) is 7.35. The van der Waals surface area contributed by atoms with Gasteiger partial charge in [-0.3, -0.25) is 4.68 Å². The van der Waals surface area contributed by atoms with Crippen LogP contribution in [0.4, 0.5) is 13.2 Å². The number of hydrogen-bond acceptors (Lipinski definition) is 3. The van der Waals surface area contributed by atoms with Gasteiger partial charge in [0.2, 0.25) is 0 Å². The molecule has 20 heavy (non-hydrogen) atoms. The number of halogens is 3. The van der Waals surface area contributed by atoms with Crippen molar-refractivity contribution in [1.29, 1.82) is 0 Å². The highest BCUT2D eigenvalue weighted by atomic mass is 19.4. The molecule has 2 aromatic rings. The summed E-state index contributed by atoms with van der Waals surface area (Å²) in [5.74, 6) is 0. The SMILES string of the molecule is NCc1nn(CCCOCC(F)(F)F)c2ccccc12. The van der Waals surface area contributed by atoms with Gasteiger partial charge in [-0.25, -0.2) is 0 Å². The number of ether oxygens (including phenoxy) is 1. The molecule has 1 heterocycles. The van der Waals surface area contributed by atoms with Crippen LogP contribution in [0.25, 0.3) is 10.9 Å². The fourth-order valence-electron chi connectivity index (χ4n) is 2.02. The molecule has 0 atom stereocenters. The number of benzene rings is 1. The lowest BCUT2D eigenvalue weighted by molar-refractivity contribution is -0.174. The van der Waals surface area contributed by atoms with E-state index >= 15 is 0 Å². The summed E-state index contributed by atoms with van der Waals surface area (Å²) in [6.45, 7) is -0.330. The van der Waals surface area contributed by atoms with E-state index in [1.165, 1.54) is 0 Å². The second-order valence-electron chi connectivity index (χ2n) is 4.41. The quantitative estimate of drug-likeness (QED) is 0.830. The molecular weight excluding hydrogens is 271 g/mol. The van der Waals surface area contributed by atoms with Crippen LogP contribution in [-0.2, 0) is 17.8 Å². The monoisotopic (exact) mass is 287 g/mol. The molecule has 0 aliphatic rings. The van der Waals surface area contributed by atoms with Gasteiger partial charge in [0, 0.05) is 25.1 Å². The first-order valence-electron chi connectivity index (χ1n) is 6.30. The van der Waals surface area contributed by atoms with E-state index in [1.807, 2.05) is 24.3 Å². The van der Waals surface area contributed by atoms with E-state index in [0.717, 1.165) is 16.6 Å². The Morgan fingerprint density at radius 1 is 1.25 bits per heavy atom. The summed E-state index contributed by atoms with van der Waals surface area (Å²) in [6, 6.07) is 7.64. The van der Waals surface area contributed by atoms with Gasteiger partial charge in [-0.2, -0.15) is 18.3 Å². The van der Waals surface area contributed by atoms with Gasteiger partial charge in [0.15, 0.2) is 0 Å². The zero-order chi connectivity index (χ0) is 14.6. The molecule has 110 valence electrons. The van der Waals surface area contributed by atoms with Crippen molar-refractivity contribution in [2.24, 2.45) is 5.73 Å². The van der Waals surface area contributed by atoms with Crippen molar-refractivity contribution < 1.29 is 17.9 Å². The standard InChI is InChI=1S/C13H16F3N3O/c14-13(15,16)9-20-7-3-6-19-12-5-2-1-4-10(12)11(8-17)18-19/h1-2,4-5H,3,6-9,17H2. The maximum absolute atomic E-state index is 11.9. The van der Waals surface area contributed by atoms with Gasteiger partial charge in [0.05, 0.1) is 11.2 Å². The lowest BCUT2D eigenvalue weighted by Gasteiger charge is -2.07. The predicted octanol–water partition coefficient (Wildman–Crippen LogP) is 2.46. The fraction of sp³-hybridized carbons (Fsp3) is 0.462. The molecule has 2 N–H and O–H groups in total. The number of para-hydroxylation sites is 1. The van der Waals surface area contributed by atoms with Gasteiger partial charge in [0.1, 0.15) is 6.61 Å². The minimum absolute atomic E-state index is 0.0473. The summed E-state index contributed by atoms with van der Waals surface area (Å²) in [4.78, 5) is 0. The second-order valence-corrected chi connectivity index (χ2v) is 4.41. The summed E-state index contributed by atoms with van der Waals surface area (Å²) in [5, 5.41) is 5.35. The molecule has 0 aliphatic heterocycles. The maximum Gasteiger partial charge on any atom is 0.411 e. The van der Waals surface area contributed by atoms with Gasteiger partial charge >= 0.3 is 6.18 Å². The molecule has 0 fully saturated rings. The van der Waals surface area contributed by atoms with E-state index in [-0.39, 0.29) is 6.61 Å². The van der Waals surface area contributed by atoms with Gasteiger partial charge < -0.3 is 10.5 Å². The van der Waals surface area contributed by atoms with Crippen LogP contribution in [0.2, 0.25) is 0 Å². The highest BCUT2D eigenvalue weighted by Gasteiger charge is 2.27. The van der Waals surface area contributed by atoms with Crippen molar-refractivity contribution in [3.8, 4) is 0 Å². The Hall–Kier alpha value is -1.60. The van der Waals surface area contributed by atoms with Crippen molar-refractivity contribution in [2.75, 3.05) is 13.2 Å². The highest BCUT2D eigenvalue weighted by Crippen LogP contribution is 2.18. The number of alkyl halides is 3. The Morgan fingerprint density at radius 3 is 2.70 bits per heavy atom. The lowest BCUT2D eigenvalue weighted by atomic mass is 10.2. The summed E-state index contributed by atoms with van der Waals surface area (Å²) < 4.78 is 42.1. The van der Waals surface area contributed by atoms with E-state index in [9.17, 15) is 13.2 Å². The van der Waals surface area contributed by atoms with Crippen molar-refractivity contribution in [3.05, 3.63) is 30.0 Å². The molecule has 0 saturated carbocycles. The molecule has 0 amide bonds. The van der Waals surface area contributed by atoms with Crippen LogP contribution >= 0.6 is 0 Å². The van der Waals surface area contributed by atoms with Gasteiger partial charge in [-0.15, -0.1) is 0 Å². The summed E-state index contributed by atoms with van der Waals surface area (Å²) in [7, 11) is 0. The van der Waals surface area contributed by atoms with Crippen LogP contribution in [-0.4, -0.2) is 29.2 Å². The smallest absolute Gasteiger partial charge is 0.372 e. The van der Waals surface area contributed by atoms with E-state index in [0.29, 0.717) is 19.5 Å². The number of nitrogens with two attached hydrogens (primary N) is 1. The number of hydrogen-bond donors (Lipinski definition) is 1. The Balaban J connectivity index is 1.93. The van der Waals surface area contributed by atoms with Crippen LogP contribution in [0.3, 0.4) is 0 Å². The predicted molar refractivity (Wildman–Crippen MR) is 69.1 cm³/mol. The topological polar surface area (TPSA) is 53.1 Å². The Kier molecular flexibility index (Phi) is 4.61. The van der Waals surface area contributed by atoms with Crippen molar-refractivity contribution >= 4 is 10.9 Å². The first kappa shape index (κ1) is 14.8. The molecular formula is C13H16F3N3O. The number of aryl methyl sites for hydroxylation is 1. The molecule has 4 nitrogen and oxygen atoms in total. The third-order valence-electron chi connectivity index (χ3n) is 2.85. The fourth-order valence-corrected chi connectivity index (χ4v) is 2.02. The Morgan fingerprint density at radius 2 is 2.00 bits per heavy atom. The molecule has 0 spiro atoms. The van der Waals surface area contributed by atoms with E-state index in [2.05, 4.69) is 9.84 Å². The largest absolute Gasteiger partial charge is 0.411 e. The first-order valence-corrected chi connectivity index (χ1v) is 6.30. The molecule has 0 unspecified atom stereocenters. The highest BCUT2D eigenvalue weighted by molar-refractivity contribution is 5.81. The zero-order valence-electron chi connectivity index (χ0n) is 10.9. The Bertz CT molecular complexity index is 565. The molecule has 0 radical (unpaired) electrons. The maximum atomic E-state index is 11.9. The molecule has 1 aromatic heterocycles. The van der Waals surface area contributed by atoms with Gasteiger partial charge in [-0.1, -0.05) is 18.2 Å². The minimum atomic E-state index is -4.27. The van der Waals surface area contributed by atoms with Crippen molar-refractivity contribution in [1.82, 2.24) is 9.78 Å². The van der Waals surface area contributed by atoms with E-state index in [4.69, 9.17) is 5.73 Å². The third kappa shape index (κ3) is 3.71. The third-order valence-corrected chi connectivity index (χ3v) is 2.85. The molecule has 7 heteroatoms. The first-order chi connectivity index (χ1) is 9.51. The zero-order valence-corrected chi connectivity index (χ0v) is 10.9. The van der Waals surface area contributed by atoms with Gasteiger partial charge in [-0.05, 0) is 12.5 Å². The number of aromatic nitrogens is 2. The number of rotatable bonds is 6. The van der Waals surface area contributed by atoms with Crippen LogP contribution in [0.1, 0.15) is 12.1 Å². The minimum Gasteiger partial charge on any atom is -0.372 e. The molecule has 0 aliphatic carbocycles. The van der Waals surface area contributed by atoms with Crippen LogP contribution in [0.5, 0.6) is 0 Å². The van der Waals surface area contributed by atoms with Crippen molar-refractivity contribution in [2.45, 2.75) is 25.7 Å². The summed E-state index contributed by atoms with van der Waals surface area (Å²) >= 11 is 0. The van der Waals surface area contributed by atoms with E-state index in [1.54, 1.807) is 4.68 Å². The van der Waals surface area contributed by atoms with Crippen molar-refractivity contribution in [3.63, 3.8) is 0 Å². The average Bonchev–Trinajstić information content (AvgIpc) is 2.76. The molecule has 1 aromatic carbocycles. The number of fused-ring (bicyclic) bond motifs is 1. The van der Waals surface area contributed by atoms with Crippen LogP contribution in [0.15, 0.2) is 24.3 Å².